The third-order valence-corrected chi connectivity index (χ3v) is 3.59. The van der Waals surface area contributed by atoms with E-state index >= 15 is 0 Å². The molecule has 2 rings (SSSR count). The van der Waals surface area contributed by atoms with E-state index in [0.29, 0.717) is 16.9 Å². The lowest BCUT2D eigenvalue weighted by atomic mass is 10.2. The topological polar surface area (TPSA) is 73.2 Å². The van der Waals surface area contributed by atoms with Crippen LogP contribution in [0.2, 0.25) is 0 Å². The average molecular weight is 372 g/mol. The summed E-state index contributed by atoms with van der Waals surface area (Å²) in [4.78, 5) is 25.3. The predicted octanol–water partition coefficient (Wildman–Crippen LogP) is 3.31. The van der Waals surface area contributed by atoms with Gasteiger partial charge in [0.15, 0.2) is 0 Å². The third-order valence-electron chi connectivity index (χ3n) is 3.10. The second kappa shape index (κ2) is 7.56. The van der Waals surface area contributed by atoms with Gasteiger partial charge >= 0.3 is 0 Å². The SMILES string of the molecule is CC(=O)N(CC(=O)Nc1cccc(Br)c1)c1ccc(C#N)cc1. The van der Waals surface area contributed by atoms with Crippen LogP contribution in [-0.2, 0) is 9.59 Å². The van der Waals surface area contributed by atoms with Crippen molar-refractivity contribution in [3.63, 3.8) is 0 Å². The molecule has 1 N–H and O–H groups in total. The molecule has 2 aromatic rings. The number of rotatable bonds is 4. The molecule has 0 aliphatic rings. The quantitative estimate of drug-likeness (QED) is 0.895. The van der Waals surface area contributed by atoms with Gasteiger partial charge in [0.2, 0.25) is 11.8 Å². The molecule has 0 aliphatic carbocycles. The van der Waals surface area contributed by atoms with Gasteiger partial charge in [-0.3, -0.25) is 9.59 Å². The molecular weight excluding hydrogens is 358 g/mol. The lowest BCUT2D eigenvalue weighted by Gasteiger charge is -2.20. The van der Waals surface area contributed by atoms with Crippen LogP contribution in [0.1, 0.15) is 12.5 Å². The highest BCUT2D eigenvalue weighted by atomic mass is 79.9. The van der Waals surface area contributed by atoms with Crippen molar-refractivity contribution in [3.8, 4) is 6.07 Å². The minimum Gasteiger partial charge on any atom is -0.324 e. The van der Waals surface area contributed by atoms with Crippen molar-refractivity contribution in [1.29, 1.82) is 5.26 Å². The Hall–Kier alpha value is -2.65. The molecule has 0 unspecified atom stereocenters. The van der Waals surface area contributed by atoms with Gasteiger partial charge in [0, 0.05) is 22.8 Å². The average Bonchev–Trinajstić information content (AvgIpc) is 2.52. The number of nitrogens with one attached hydrogen (secondary N) is 1. The van der Waals surface area contributed by atoms with Crippen molar-refractivity contribution in [2.45, 2.75) is 6.92 Å². The summed E-state index contributed by atoms with van der Waals surface area (Å²) in [7, 11) is 0. The van der Waals surface area contributed by atoms with Crippen LogP contribution in [0.5, 0.6) is 0 Å². The Labute approximate surface area is 142 Å². The highest BCUT2D eigenvalue weighted by Gasteiger charge is 2.16. The van der Waals surface area contributed by atoms with Crippen molar-refractivity contribution in [3.05, 3.63) is 58.6 Å². The summed E-state index contributed by atoms with van der Waals surface area (Å²) in [5.74, 6) is -0.554. The molecular formula is C17H14BrN3O2. The zero-order chi connectivity index (χ0) is 16.8. The van der Waals surface area contributed by atoms with Gasteiger partial charge in [0.25, 0.3) is 0 Å². The summed E-state index contributed by atoms with van der Waals surface area (Å²) in [6.45, 7) is 1.29. The Kier molecular flexibility index (Phi) is 5.50. The molecule has 0 atom stereocenters. The predicted molar refractivity (Wildman–Crippen MR) is 92.0 cm³/mol. The van der Waals surface area contributed by atoms with Crippen molar-refractivity contribution >= 4 is 39.1 Å². The van der Waals surface area contributed by atoms with Gasteiger partial charge in [-0.25, -0.2) is 0 Å². The standard InChI is InChI=1S/C17H14BrN3O2/c1-12(22)21(16-7-5-13(10-19)6-8-16)11-17(23)20-15-4-2-3-14(18)9-15/h2-9H,11H2,1H3,(H,20,23). The number of nitriles is 1. The van der Waals surface area contributed by atoms with Crippen LogP contribution >= 0.6 is 15.9 Å². The molecule has 0 radical (unpaired) electrons. The summed E-state index contributed by atoms with van der Waals surface area (Å²) < 4.78 is 0.853. The molecule has 6 heteroatoms. The minimum atomic E-state index is -0.303. The van der Waals surface area contributed by atoms with E-state index in [1.165, 1.54) is 11.8 Å². The lowest BCUT2D eigenvalue weighted by molar-refractivity contribution is -0.120. The van der Waals surface area contributed by atoms with Crippen molar-refractivity contribution in [2.24, 2.45) is 0 Å². The second-order valence-electron chi connectivity index (χ2n) is 4.82. The number of hydrogen-bond acceptors (Lipinski definition) is 3. The Morgan fingerprint density at radius 3 is 2.48 bits per heavy atom. The van der Waals surface area contributed by atoms with E-state index in [0.717, 1.165) is 4.47 Å². The molecule has 5 nitrogen and oxygen atoms in total. The molecule has 116 valence electrons. The van der Waals surface area contributed by atoms with Crippen LogP contribution < -0.4 is 10.2 Å². The molecule has 0 saturated heterocycles. The maximum atomic E-state index is 12.2. The number of halogens is 1. The van der Waals surface area contributed by atoms with Crippen molar-refractivity contribution in [2.75, 3.05) is 16.8 Å². The fourth-order valence-corrected chi connectivity index (χ4v) is 2.41. The smallest absolute Gasteiger partial charge is 0.244 e. The van der Waals surface area contributed by atoms with Crippen molar-refractivity contribution < 1.29 is 9.59 Å². The van der Waals surface area contributed by atoms with Gasteiger partial charge in [-0.1, -0.05) is 22.0 Å². The number of carbonyl (C=O) groups is 2. The van der Waals surface area contributed by atoms with Gasteiger partial charge in [-0.15, -0.1) is 0 Å². The Morgan fingerprint density at radius 1 is 1.22 bits per heavy atom. The first-order valence-corrected chi connectivity index (χ1v) is 7.62. The van der Waals surface area contributed by atoms with Gasteiger partial charge in [-0.2, -0.15) is 5.26 Å². The zero-order valence-corrected chi connectivity index (χ0v) is 14.0. The molecule has 0 saturated carbocycles. The highest BCUT2D eigenvalue weighted by molar-refractivity contribution is 9.10. The molecule has 0 fully saturated rings. The summed E-state index contributed by atoms with van der Waals surface area (Å²) in [5, 5.41) is 11.6. The van der Waals surface area contributed by atoms with Gasteiger partial charge in [-0.05, 0) is 42.5 Å². The fraction of sp³-hybridized carbons (Fsp3) is 0.118. The number of amides is 2. The van der Waals surface area contributed by atoms with E-state index in [1.54, 1.807) is 36.4 Å². The monoisotopic (exact) mass is 371 g/mol. The third kappa shape index (κ3) is 4.66. The molecule has 2 aromatic carbocycles. The van der Waals surface area contributed by atoms with Crippen LogP contribution in [0.15, 0.2) is 53.0 Å². The molecule has 0 aromatic heterocycles. The molecule has 0 spiro atoms. The van der Waals surface area contributed by atoms with Gasteiger partial charge in [0.05, 0.1) is 11.6 Å². The summed E-state index contributed by atoms with van der Waals surface area (Å²) >= 11 is 3.33. The number of carbonyl (C=O) groups excluding carboxylic acids is 2. The van der Waals surface area contributed by atoms with Crippen LogP contribution in [-0.4, -0.2) is 18.4 Å². The fourth-order valence-electron chi connectivity index (χ4n) is 2.01. The Balaban J connectivity index is 2.11. The number of anilines is 2. The van der Waals surface area contributed by atoms with Crippen LogP contribution in [0.4, 0.5) is 11.4 Å². The molecule has 2 amide bonds. The van der Waals surface area contributed by atoms with Gasteiger partial charge in [0.1, 0.15) is 6.54 Å². The summed E-state index contributed by atoms with van der Waals surface area (Å²) in [6, 6.07) is 15.7. The molecule has 0 aliphatic heterocycles. The molecule has 23 heavy (non-hydrogen) atoms. The molecule has 0 bridgehead atoms. The van der Waals surface area contributed by atoms with Crippen LogP contribution in [0, 0.1) is 11.3 Å². The Bertz CT molecular complexity index is 766. The molecule has 0 heterocycles. The largest absolute Gasteiger partial charge is 0.324 e. The zero-order valence-electron chi connectivity index (χ0n) is 12.4. The van der Waals surface area contributed by atoms with E-state index in [-0.39, 0.29) is 18.4 Å². The highest BCUT2D eigenvalue weighted by Crippen LogP contribution is 2.17. The van der Waals surface area contributed by atoms with E-state index in [9.17, 15) is 9.59 Å². The van der Waals surface area contributed by atoms with Crippen molar-refractivity contribution in [1.82, 2.24) is 0 Å². The minimum absolute atomic E-state index is 0.103. The van der Waals surface area contributed by atoms with Crippen LogP contribution in [0.25, 0.3) is 0 Å². The normalized spacial score (nSPS) is 9.78. The second-order valence-corrected chi connectivity index (χ2v) is 5.74. The number of nitrogens with zero attached hydrogens (tertiary/aromatic N) is 2. The van der Waals surface area contributed by atoms with Gasteiger partial charge < -0.3 is 10.2 Å². The van der Waals surface area contributed by atoms with E-state index in [1.807, 2.05) is 18.2 Å². The number of benzene rings is 2. The number of hydrogen-bond donors (Lipinski definition) is 1. The maximum Gasteiger partial charge on any atom is 0.244 e. The van der Waals surface area contributed by atoms with E-state index < -0.39 is 0 Å². The summed E-state index contributed by atoms with van der Waals surface area (Å²) in [5.41, 5.74) is 1.71. The first kappa shape index (κ1) is 16.7. The first-order chi connectivity index (χ1) is 11.0. The first-order valence-electron chi connectivity index (χ1n) is 6.83. The van der Waals surface area contributed by atoms with E-state index in [2.05, 4.69) is 21.2 Å². The lowest BCUT2D eigenvalue weighted by Crippen LogP contribution is -2.36. The van der Waals surface area contributed by atoms with E-state index in [4.69, 9.17) is 5.26 Å². The Morgan fingerprint density at radius 2 is 1.91 bits per heavy atom. The van der Waals surface area contributed by atoms with Crippen LogP contribution in [0.3, 0.4) is 0 Å². The maximum absolute atomic E-state index is 12.2. The summed E-state index contributed by atoms with van der Waals surface area (Å²) in [6.07, 6.45) is 0.